The zero-order valence-electron chi connectivity index (χ0n) is 15.3. The molecule has 0 aliphatic heterocycles. The van der Waals surface area contributed by atoms with Crippen molar-refractivity contribution in [1.82, 2.24) is 15.1 Å². The average molecular weight is 376 g/mol. The Labute approximate surface area is 161 Å². The van der Waals surface area contributed by atoms with Crippen LogP contribution in [0.15, 0.2) is 53.8 Å². The summed E-state index contributed by atoms with van der Waals surface area (Å²) >= 11 is 0. The highest BCUT2D eigenvalue weighted by Crippen LogP contribution is 2.28. The van der Waals surface area contributed by atoms with Crippen LogP contribution in [0, 0.1) is 5.41 Å². The summed E-state index contributed by atoms with van der Waals surface area (Å²) in [6.45, 7) is 0. The highest BCUT2D eigenvalue weighted by Gasteiger charge is 2.22. The van der Waals surface area contributed by atoms with Crippen molar-refractivity contribution in [3.8, 4) is 17.0 Å². The van der Waals surface area contributed by atoms with Gasteiger partial charge in [0.15, 0.2) is 0 Å². The number of nitrogens with zero attached hydrogens (tertiary/aromatic N) is 3. The molecule has 0 saturated heterocycles. The van der Waals surface area contributed by atoms with E-state index in [1.165, 1.54) is 0 Å². The van der Waals surface area contributed by atoms with E-state index >= 15 is 0 Å². The maximum atomic E-state index is 9.06. The van der Waals surface area contributed by atoms with E-state index in [2.05, 4.69) is 10.1 Å². The van der Waals surface area contributed by atoms with Gasteiger partial charge >= 0.3 is 0 Å². The van der Waals surface area contributed by atoms with Crippen molar-refractivity contribution in [2.45, 2.75) is 12.8 Å². The number of anilines is 1. The van der Waals surface area contributed by atoms with Crippen LogP contribution < -0.4 is 16.0 Å². The monoisotopic (exact) mass is 376 g/mol. The Morgan fingerprint density at radius 1 is 1.29 bits per heavy atom. The maximum Gasteiger partial charge on any atom is 0.221 e. The molecule has 1 heterocycles. The number of amidine groups is 1. The fraction of sp³-hybridized carbons (Fsp3) is 0.150. The molecule has 2 aromatic carbocycles. The number of nitrogen functional groups attached to an aromatic ring is 1. The SMILES string of the molecule is COc1cccc(-c2cn(N=C3CCc4c(C(=N)NO)cccc43)c(N)n2)c1. The van der Waals surface area contributed by atoms with E-state index in [4.69, 9.17) is 21.1 Å². The number of ether oxygens (including phenoxy) is 1. The molecule has 4 rings (SSSR count). The van der Waals surface area contributed by atoms with Crippen molar-refractivity contribution in [2.75, 3.05) is 12.8 Å². The number of methoxy groups -OCH3 is 1. The molecule has 0 bridgehead atoms. The predicted molar refractivity (Wildman–Crippen MR) is 107 cm³/mol. The molecular formula is C20H20N6O2. The molecule has 5 N–H and O–H groups in total. The number of nitrogens with two attached hydrogens (primary N) is 1. The molecule has 0 spiro atoms. The molecule has 1 aliphatic rings. The second-order valence-corrected chi connectivity index (χ2v) is 6.43. The minimum absolute atomic E-state index is 0.0273. The summed E-state index contributed by atoms with van der Waals surface area (Å²) in [5.41, 5.74) is 13.1. The summed E-state index contributed by atoms with van der Waals surface area (Å²) in [5.74, 6) is 1.01. The van der Waals surface area contributed by atoms with Crippen LogP contribution in [0.25, 0.3) is 11.3 Å². The number of hydrogen-bond acceptors (Lipinski definition) is 6. The number of aromatic nitrogens is 2. The molecule has 1 aromatic heterocycles. The third-order valence-corrected chi connectivity index (χ3v) is 4.79. The summed E-state index contributed by atoms with van der Waals surface area (Å²) in [5, 5.41) is 21.6. The first-order valence-electron chi connectivity index (χ1n) is 8.79. The van der Waals surface area contributed by atoms with Crippen LogP contribution in [0.5, 0.6) is 5.75 Å². The van der Waals surface area contributed by atoms with Crippen molar-refractivity contribution >= 4 is 17.5 Å². The van der Waals surface area contributed by atoms with Gasteiger partial charge in [-0.15, -0.1) is 0 Å². The smallest absolute Gasteiger partial charge is 0.221 e. The molecule has 0 amide bonds. The Morgan fingerprint density at radius 2 is 2.11 bits per heavy atom. The van der Waals surface area contributed by atoms with Crippen LogP contribution in [0.4, 0.5) is 5.95 Å². The zero-order chi connectivity index (χ0) is 19.7. The second kappa shape index (κ2) is 7.16. The van der Waals surface area contributed by atoms with Gasteiger partial charge in [-0.3, -0.25) is 16.1 Å². The highest BCUT2D eigenvalue weighted by atomic mass is 16.5. The largest absolute Gasteiger partial charge is 0.497 e. The molecule has 0 atom stereocenters. The number of imidazole rings is 1. The Bertz CT molecular complexity index is 1090. The van der Waals surface area contributed by atoms with Crippen molar-refractivity contribution < 1.29 is 9.94 Å². The Hall–Kier alpha value is -3.65. The predicted octanol–water partition coefficient (Wildman–Crippen LogP) is 2.64. The van der Waals surface area contributed by atoms with E-state index in [1.807, 2.05) is 41.9 Å². The van der Waals surface area contributed by atoms with Gasteiger partial charge in [0.2, 0.25) is 5.95 Å². The van der Waals surface area contributed by atoms with Crippen molar-refractivity contribution in [2.24, 2.45) is 5.10 Å². The van der Waals surface area contributed by atoms with Crippen LogP contribution in [-0.4, -0.2) is 33.5 Å². The van der Waals surface area contributed by atoms with Crippen molar-refractivity contribution in [1.29, 1.82) is 5.41 Å². The molecule has 8 heteroatoms. The lowest BCUT2D eigenvalue weighted by atomic mass is 10.0. The van der Waals surface area contributed by atoms with E-state index < -0.39 is 0 Å². The lowest BCUT2D eigenvalue weighted by Gasteiger charge is -2.08. The molecule has 28 heavy (non-hydrogen) atoms. The number of nitrogens with one attached hydrogen (secondary N) is 2. The number of hydroxylamine groups is 1. The first kappa shape index (κ1) is 17.7. The number of fused-ring (bicyclic) bond motifs is 1. The van der Waals surface area contributed by atoms with E-state index in [9.17, 15) is 0 Å². The van der Waals surface area contributed by atoms with Gasteiger partial charge in [-0.1, -0.05) is 30.3 Å². The van der Waals surface area contributed by atoms with Gasteiger partial charge in [0.05, 0.1) is 24.7 Å². The van der Waals surface area contributed by atoms with E-state index in [-0.39, 0.29) is 5.84 Å². The van der Waals surface area contributed by atoms with E-state index in [1.54, 1.807) is 24.0 Å². The van der Waals surface area contributed by atoms with Crippen LogP contribution in [0.3, 0.4) is 0 Å². The quantitative estimate of drug-likeness (QED) is 0.317. The summed E-state index contributed by atoms with van der Waals surface area (Å²) < 4.78 is 6.84. The van der Waals surface area contributed by atoms with Gasteiger partial charge in [0.1, 0.15) is 11.6 Å². The maximum absolute atomic E-state index is 9.06. The number of rotatable bonds is 4. The topological polar surface area (TPSA) is 122 Å². The molecule has 1 aliphatic carbocycles. The van der Waals surface area contributed by atoms with Gasteiger partial charge in [-0.2, -0.15) is 5.10 Å². The van der Waals surface area contributed by atoms with Crippen LogP contribution in [0.1, 0.15) is 23.1 Å². The first-order valence-corrected chi connectivity index (χ1v) is 8.79. The fourth-order valence-corrected chi connectivity index (χ4v) is 3.42. The van der Waals surface area contributed by atoms with Crippen LogP contribution in [-0.2, 0) is 6.42 Å². The Balaban J connectivity index is 1.71. The van der Waals surface area contributed by atoms with Gasteiger partial charge in [-0.05, 0) is 30.5 Å². The highest BCUT2D eigenvalue weighted by molar-refractivity contribution is 6.08. The molecule has 0 radical (unpaired) electrons. The van der Waals surface area contributed by atoms with Gasteiger partial charge in [0, 0.05) is 16.7 Å². The average Bonchev–Trinajstić information content (AvgIpc) is 3.31. The summed E-state index contributed by atoms with van der Waals surface area (Å²) in [6.07, 6.45) is 3.25. The lowest BCUT2D eigenvalue weighted by Crippen LogP contribution is -2.20. The van der Waals surface area contributed by atoms with Gasteiger partial charge < -0.3 is 10.5 Å². The lowest BCUT2D eigenvalue weighted by molar-refractivity contribution is 0.234. The standard InChI is InChI=1S/C20H20N6O2/c1-28-13-5-2-4-12(10-13)18-11-26(20(22)23-18)24-17-9-8-14-15(17)6-3-7-16(14)19(21)25-27/h2-7,10-11,27H,8-9H2,1H3,(H2,21,25)(H2,22,23). The minimum Gasteiger partial charge on any atom is -0.497 e. The number of hydrogen-bond donors (Lipinski definition) is 4. The van der Waals surface area contributed by atoms with Crippen LogP contribution in [0.2, 0.25) is 0 Å². The first-order chi connectivity index (χ1) is 13.6. The van der Waals surface area contributed by atoms with Gasteiger partial charge in [-0.25, -0.2) is 9.66 Å². The minimum atomic E-state index is -0.0273. The van der Waals surface area contributed by atoms with E-state index in [0.29, 0.717) is 17.2 Å². The normalized spacial score (nSPS) is 14.1. The Kier molecular flexibility index (Phi) is 4.54. The molecule has 142 valence electrons. The van der Waals surface area contributed by atoms with Gasteiger partial charge in [0.25, 0.3) is 0 Å². The van der Waals surface area contributed by atoms with E-state index in [0.717, 1.165) is 41.0 Å². The molecule has 0 fully saturated rings. The Morgan fingerprint density at radius 3 is 2.89 bits per heavy atom. The third kappa shape index (κ3) is 3.10. The fourth-order valence-electron chi connectivity index (χ4n) is 3.42. The molecular weight excluding hydrogens is 356 g/mol. The molecule has 0 unspecified atom stereocenters. The summed E-state index contributed by atoms with van der Waals surface area (Å²) in [6, 6.07) is 13.2. The van der Waals surface area contributed by atoms with Crippen molar-refractivity contribution in [3.05, 3.63) is 65.4 Å². The third-order valence-electron chi connectivity index (χ3n) is 4.79. The number of benzene rings is 2. The van der Waals surface area contributed by atoms with Crippen LogP contribution >= 0.6 is 0 Å². The summed E-state index contributed by atoms with van der Waals surface area (Å²) in [7, 11) is 1.62. The zero-order valence-corrected chi connectivity index (χ0v) is 15.3. The molecule has 0 saturated carbocycles. The molecule has 8 nitrogen and oxygen atoms in total. The summed E-state index contributed by atoms with van der Waals surface area (Å²) in [4.78, 5) is 4.41. The van der Waals surface area contributed by atoms with Crippen molar-refractivity contribution in [3.63, 3.8) is 0 Å². The second-order valence-electron chi connectivity index (χ2n) is 6.43. The molecule has 3 aromatic rings.